The SMILES string of the molecule is CCCCCCNC(=O)C1CCCN(C(=O)C2CC(=O)N(c3ccc(F)cc3F)C2)C1. The minimum absolute atomic E-state index is 0.0133. The summed E-state index contributed by atoms with van der Waals surface area (Å²) < 4.78 is 27.3. The van der Waals surface area contributed by atoms with Gasteiger partial charge in [-0.1, -0.05) is 26.2 Å². The topological polar surface area (TPSA) is 69.7 Å². The van der Waals surface area contributed by atoms with E-state index in [1.807, 2.05) is 0 Å². The zero-order valence-corrected chi connectivity index (χ0v) is 18.0. The molecule has 0 spiro atoms. The molecule has 1 aromatic carbocycles. The number of halogens is 2. The summed E-state index contributed by atoms with van der Waals surface area (Å²) in [5, 5.41) is 2.98. The number of rotatable bonds is 8. The summed E-state index contributed by atoms with van der Waals surface area (Å²) in [6, 6.07) is 3.04. The Morgan fingerprint density at radius 3 is 2.68 bits per heavy atom. The molecule has 170 valence electrons. The van der Waals surface area contributed by atoms with Crippen molar-refractivity contribution in [1.82, 2.24) is 10.2 Å². The van der Waals surface area contributed by atoms with Gasteiger partial charge in [-0.05, 0) is 31.4 Å². The summed E-state index contributed by atoms with van der Waals surface area (Å²) in [6.07, 6.45) is 5.79. The highest BCUT2D eigenvalue weighted by molar-refractivity contribution is 6.00. The third kappa shape index (κ3) is 5.80. The number of likely N-dealkylation sites (tertiary alicyclic amines) is 1. The van der Waals surface area contributed by atoms with E-state index in [0.717, 1.165) is 50.7 Å². The molecule has 1 aromatic rings. The zero-order chi connectivity index (χ0) is 22.4. The molecule has 2 heterocycles. The molecule has 0 aromatic heterocycles. The maximum absolute atomic E-state index is 14.1. The van der Waals surface area contributed by atoms with Crippen molar-refractivity contribution in [2.75, 3.05) is 31.1 Å². The average Bonchev–Trinajstić information content (AvgIpc) is 3.14. The Morgan fingerprint density at radius 1 is 1.13 bits per heavy atom. The second-order valence-electron chi connectivity index (χ2n) is 8.48. The Kier molecular flexibility index (Phi) is 7.98. The van der Waals surface area contributed by atoms with E-state index in [4.69, 9.17) is 0 Å². The molecule has 6 nitrogen and oxygen atoms in total. The van der Waals surface area contributed by atoms with Crippen LogP contribution in [0.5, 0.6) is 0 Å². The molecule has 0 saturated carbocycles. The first-order valence-electron chi connectivity index (χ1n) is 11.2. The van der Waals surface area contributed by atoms with Crippen LogP contribution in [0, 0.1) is 23.5 Å². The molecular formula is C23H31F2N3O3. The molecule has 2 saturated heterocycles. The molecule has 2 aliphatic heterocycles. The van der Waals surface area contributed by atoms with E-state index in [9.17, 15) is 23.2 Å². The second-order valence-corrected chi connectivity index (χ2v) is 8.48. The van der Waals surface area contributed by atoms with Gasteiger partial charge in [0.25, 0.3) is 0 Å². The standard InChI is InChI=1S/C23H31F2N3O3/c1-2-3-4-5-10-26-22(30)16-7-6-11-27(14-16)23(31)17-12-21(29)28(15-17)20-9-8-18(24)13-19(20)25/h8-9,13,16-17H,2-7,10-12,14-15H2,1H3,(H,26,30). The molecule has 0 aliphatic carbocycles. The van der Waals surface area contributed by atoms with Crippen molar-refractivity contribution in [1.29, 1.82) is 0 Å². The van der Waals surface area contributed by atoms with E-state index in [-0.39, 0.29) is 42.3 Å². The molecule has 8 heteroatoms. The van der Waals surface area contributed by atoms with Crippen molar-refractivity contribution in [3.8, 4) is 0 Å². The fourth-order valence-electron chi connectivity index (χ4n) is 4.36. The lowest BCUT2D eigenvalue weighted by Gasteiger charge is -2.33. The van der Waals surface area contributed by atoms with Crippen LogP contribution in [0.25, 0.3) is 0 Å². The largest absolute Gasteiger partial charge is 0.356 e. The summed E-state index contributed by atoms with van der Waals surface area (Å²) in [4.78, 5) is 40.8. The van der Waals surface area contributed by atoms with Gasteiger partial charge in [0.15, 0.2) is 0 Å². The van der Waals surface area contributed by atoms with Crippen molar-refractivity contribution in [3.63, 3.8) is 0 Å². The van der Waals surface area contributed by atoms with Gasteiger partial charge in [0.1, 0.15) is 11.6 Å². The molecule has 2 unspecified atom stereocenters. The smallest absolute Gasteiger partial charge is 0.228 e. The van der Waals surface area contributed by atoms with Gasteiger partial charge in [0.05, 0.1) is 17.5 Å². The molecule has 31 heavy (non-hydrogen) atoms. The normalized spacial score (nSPS) is 21.5. The maximum atomic E-state index is 14.1. The Labute approximate surface area is 182 Å². The number of hydrogen-bond donors (Lipinski definition) is 1. The van der Waals surface area contributed by atoms with Crippen molar-refractivity contribution < 1.29 is 23.2 Å². The van der Waals surface area contributed by atoms with Gasteiger partial charge in [-0.15, -0.1) is 0 Å². The lowest BCUT2D eigenvalue weighted by molar-refractivity contribution is -0.139. The highest BCUT2D eigenvalue weighted by Gasteiger charge is 2.39. The van der Waals surface area contributed by atoms with Gasteiger partial charge in [-0.2, -0.15) is 0 Å². The number of amides is 3. The monoisotopic (exact) mass is 435 g/mol. The second kappa shape index (κ2) is 10.7. The fourth-order valence-corrected chi connectivity index (χ4v) is 4.36. The summed E-state index contributed by atoms with van der Waals surface area (Å²) in [5.74, 6) is -2.94. The fraction of sp³-hybridized carbons (Fsp3) is 0.609. The molecule has 3 rings (SSSR count). The van der Waals surface area contributed by atoms with Gasteiger partial charge >= 0.3 is 0 Å². The van der Waals surface area contributed by atoms with Gasteiger partial charge in [-0.3, -0.25) is 14.4 Å². The number of anilines is 1. The third-order valence-corrected chi connectivity index (χ3v) is 6.11. The summed E-state index contributed by atoms with van der Waals surface area (Å²) in [6.45, 7) is 3.74. The Morgan fingerprint density at radius 2 is 1.94 bits per heavy atom. The van der Waals surface area contributed by atoms with Crippen molar-refractivity contribution >= 4 is 23.4 Å². The Balaban J connectivity index is 1.55. The Hall–Kier alpha value is -2.51. The van der Waals surface area contributed by atoms with Crippen LogP contribution in [0.2, 0.25) is 0 Å². The first kappa shape index (κ1) is 23.2. The lowest BCUT2D eigenvalue weighted by atomic mass is 9.95. The molecule has 1 N–H and O–H groups in total. The summed E-state index contributed by atoms with van der Waals surface area (Å²) >= 11 is 0. The highest BCUT2D eigenvalue weighted by atomic mass is 19.1. The van der Waals surface area contributed by atoms with Crippen LogP contribution in [0.3, 0.4) is 0 Å². The quantitative estimate of drug-likeness (QED) is 0.638. The molecule has 2 aliphatic rings. The van der Waals surface area contributed by atoms with E-state index >= 15 is 0 Å². The van der Waals surface area contributed by atoms with Crippen LogP contribution in [0.15, 0.2) is 18.2 Å². The molecule has 2 fully saturated rings. The van der Waals surface area contributed by atoms with Crippen LogP contribution >= 0.6 is 0 Å². The number of piperidine rings is 1. The van der Waals surface area contributed by atoms with Crippen LogP contribution in [-0.4, -0.2) is 48.8 Å². The van der Waals surface area contributed by atoms with E-state index < -0.39 is 17.6 Å². The van der Waals surface area contributed by atoms with E-state index in [2.05, 4.69) is 12.2 Å². The first-order chi connectivity index (χ1) is 14.9. The maximum Gasteiger partial charge on any atom is 0.228 e. The van der Waals surface area contributed by atoms with Crippen molar-refractivity contribution in [2.45, 2.75) is 51.9 Å². The molecule has 2 atom stereocenters. The minimum atomic E-state index is -0.824. The van der Waals surface area contributed by atoms with E-state index in [1.54, 1.807) is 4.90 Å². The molecule has 3 amide bonds. The number of nitrogens with one attached hydrogen (secondary N) is 1. The Bertz CT molecular complexity index is 817. The van der Waals surface area contributed by atoms with Gasteiger partial charge in [0.2, 0.25) is 17.7 Å². The predicted octanol–water partition coefficient (Wildman–Crippen LogP) is 3.25. The lowest BCUT2D eigenvalue weighted by Crippen LogP contribution is -2.47. The number of unbranched alkanes of at least 4 members (excludes halogenated alkanes) is 3. The van der Waals surface area contributed by atoms with Crippen LogP contribution < -0.4 is 10.2 Å². The molecule has 0 radical (unpaired) electrons. The van der Waals surface area contributed by atoms with E-state index in [0.29, 0.717) is 19.6 Å². The van der Waals surface area contributed by atoms with Crippen molar-refractivity contribution in [3.05, 3.63) is 29.8 Å². The van der Waals surface area contributed by atoms with E-state index in [1.165, 1.54) is 11.0 Å². The zero-order valence-electron chi connectivity index (χ0n) is 18.0. The first-order valence-corrected chi connectivity index (χ1v) is 11.2. The average molecular weight is 436 g/mol. The summed E-state index contributed by atoms with van der Waals surface area (Å²) in [7, 11) is 0. The van der Waals surface area contributed by atoms with Crippen LogP contribution in [-0.2, 0) is 14.4 Å². The van der Waals surface area contributed by atoms with Gasteiger partial charge < -0.3 is 15.1 Å². The molecule has 0 bridgehead atoms. The highest BCUT2D eigenvalue weighted by Crippen LogP contribution is 2.30. The predicted molar refractivity (Wildman–Crippen MR) is 113 cm³/mol. The molecular weight excluding hydrogens is 404 g/mol. The summed E-state index contributed by atoms with van der Waals surface area (Å²) in [5.41, 5.74) is -0.0133. The number of carbonyl (C=O) groups excluding carboxylic acids is 3. The number of benzene rings is 1. The van der Waals surface area contributed by atoms with Crippen LogP contribution in [0.1, 0.15) is 51.9 Å². The van der Waals surface area contributed by atoms with Crippen molar-refractivity contribution in [2.24, 2.45) is 11.8 Å². The third-order valence-electron chi connectivity index (χ3n) is 6.11. The number of hydrogen-bond acceptors (Lipinski definition) is 3. The number of carbonyl (C=O) groups is 3. The van der Waals surface area contributed by atoms with Gasteiger partial charge in [-0.25, -0.2) is 8.78 Å². The van der Waals surface area contributed by atoms with Gasteiger partial charge in [0, 0.05) is 38.7 Å². The van der Waals surface area contributed by atoms with Crippen LogP contribution in [0.4, 0.5) is 14.5 Å². The number of nitrogens with zero attached hydrogens (tertiary/aromatic N) is 2. The minimum Gasteiger partial charge on any atom is -0.356 e.